The van der Waals surface area contributed by atoms with Crippen LogP contribution in [-0.4, -0.2) is 16.1 Å². The first-order valence-corrected chi connectivity index (χ1v) is 5.94. The number of anilines is 1. The van der Waals surface area contributed by atoms with Crippen LogP contribution in [0.3, 0.4) is 0 Å². The first-order valence-electron chi connectivity index (χ1n) is 4.75. The lowest BCUT2D eigenvalue weighted by atomic mass is 10.2. The Hall–Kier alpha value is -1.59. The van der Waals surface area contributed by atoms with E-state index in [-0.39, 0.29) is 4.88 Å². The van der Waals surface area contributed by atoms with Gasteiger partial charge in [-0.15, -0.1) is 11.3 Å². The summed E-state index contributed by atoms with van der Waals surface area (Å²) in [6.07, 6.45) is 0. The zero-order chi connectivity index (χ0) is 12.6. The Morgan fingerprint density at radius 1 is 1.53 bits per heavy atom. The number of nitrogens with zero attached hydrogens (tertiary/aromatic N) is 1. The Morgan fingerprint density at radius 3 is 2.76 bits per heavy atom. The molecule has 0 aliphatic heterocycles. The van der Waals surface area contributed by atoms with Crippen molar-refractivity contribution >= 4 is 34.6 Å². The number of halogens is 1. The maximum absolute atomic E-state index is 10.9. The maximum atomic E-state index is 10.9. The highest BCUT2D eigenvalue weighted by molar-refractivity contribution is 7.17. The molecule has 1 heterocycles. The van der Waals surface area contributed by atoms with Crippen LogP contribution < -0.4 is 5.73 Å². The number of hydrogen-bond donors (Lipinski definition) is 2. The molecule has 0 atom stereocenters. The molecule has 0 aliphatic rings. The average molecular weight is 269 g/mol. The second kappa shape index (κ2) is 4.35. The first kappa shape index (κ1) is 11.9. The lowest BCUT2D eigenvalue weighted by Gasteiger charge is -2.00. The quantitative estimate of drug-likeness (QED) is 0.821. The molecule has 1 aromatic heterocycles. The van der Waals surface area contributed by atoms with Gasteiger partial charge in [-0.25, -0.2) is 9.78 Å². The molecule has 0 saturated carbocycles. The van der Waals surface area contributed by atoms with Crippen molar-refractivity contribution in [2.75, 3.05) is 5.73 Å². The van der Waals surface area contributed by atoms with Crippen molar-refractivity contribution in [1.29, 1.82) is 0 Å². The van der Waals surface area contributed by atoms with Gasteiger partial charge in [-0.2, -0.15) is 0 Å². The Morgan fingerprint density at radius 2 is 2.24 bits per heavy atom. The molecule has 17 heavy (non-hydrogen) atoms. The summed E-state index contributed by atoms with van der Waals surface area (Å²) in [6.45, 7) is 1.67. The summed E-state index contributed by atoms with van der Waals surface area (Å²) >= 11 is 6.94. The van der Waals surface area contributed by atoms with E-state index >= 15 is 0 Å². The van der Waals surface area contributed by atoms with E-state index in [9.17, 15) is 4.79 Å². The number of carboxylic acids is 1. The standard InChI is InChI=1S/C11H9ClN2O2S/c1-5-9(11(15)16)17-10(14-5)6-2-3-7(12)8(13)4-6/h2-4H,13H2,1H3,(H,15,16). The van der Waals surface area contributed by atoms with Crippen molar-refractivity contribution in [1.82, 2.24) is 4.98 Å². The number of aromatic nitrogens is 1. The van der Waals surface area contributed by atoms with Crippen LogP contribution in [0.4, 0.5) is 5.69 Å². The second-order valence-corrected chi connectivity index (χ2v) is 4.88. The van der Waals surface area contributed by atoms with Gasteiger partial charge in [-0.1, -0.05) is 17.7 Å². The molecule has 0 spiro atoms. The molecular formula is C11H9ClN2O2S. The van der Waals surface area contributed by atoms with Crippen LogP contribution in [-0.2, 0) is 0 Å². The van der Waals surface area contributed by atoms with Crippen molar-refractivity contribution < 1.29 is 9.90 Å². The second-order valence-electron chi connectivity index (χ2n) is 3.47. The van der Waals surface area contributed by atoms with Gasteiger partial charge >= 0.3 is 5.97 Å². The van der Waals surface area contributed by atoms with Gasteiger partial charge in [-0.05, 0) is 19.1 Å². The van der Waals surface area contributed by atoms with E-state index in [1.54, 1.807) is 25.1 Å². The summed E-state index contributed by atoms with van der Waals surface area (Å²) < 4.78 is 0. The van der Waals surface area contributed by atoms with Crippen LogP contribution >= 0.6 is 22.9 Å². The van der Waals surface area contributed by atoms with E-state index < -0.39 is 5.97 Å². The van der Waals surface area contributed by atoms with E-state index in [1.165, 1.54) is 0 Å². The van der Waals surface area contributed by atoms with Crippen LogP contribution in [0.25, 0.3) is 10.6 Å². The van der Waals surface area contributed by atoms with Gasteiger partial charge in [0.05, 0.1) is 16.4 Å². The summed E-state index contributed by atoms with van der Waals surface area (Å²) in [7, 11) is 0. The molecule has 0 unspecified atom stereocenters. The van der Waals surface area contributed by atoms with Crippen LogP contribution in [0.15, 0.2) is 18.2 Å². The van der Waals surface area contributed by atoms with E-state index in [0.29, 0.717) is 21.4 Å². The Balaban J connectivity index is 2.50. The number of nitrogens with two attached hydrogens (primary N) is 1. The molecule has 0 amide bonds. The minimum atomic E-state index is -0.965. The number of aromatic carboxylic acids is 1. The molecule has 1 aromatic carbocycles. The molecule has 2 aromatic rings. The monoisotopic (exact) mass is 268 g/mol. The number of thiazole rings is 1. The maximum Gasteiger partial charge on any atom is 0.347 e. The third kappa shape index (κ3) is 2.25. The molecule has 88 valence electrons. The van der Waals surface area contributed by atoms with Gasteiger partial charge in [0.1, 0.15) is 9.88 Å². The molecule has 6 heteroatoms. The number of aryl methyl sites for hydroxylation is 1. The molecule has 3 N–H and O–H groups in total. The van der Waals surface area contributed by atoms with Crippen molar-refractivity contribution in [3.8, 4) is 10.6 Å². The van der Waals surface area contributed by atoms with Crippen LogP contribution in [0.1, 0.15) is 15.4 Å². The zero-order valence-corrected chi connectivity index (χ0v) is 10.5. The van der Waals surface area contributed by atoms with Gasteiger partial charge in [-0.3, -0.25) is 0 Å². The predicted molar refractivity (Wildman–Crippen MR) is 68.7 cm³/mol. The van der Waals surface area contributed by atoms with Crippen LogP contribution in [0.2, 0.25) is 5.02 Å². The molecule has 0 fully saturated rings. The minimum absolute atomic E-state index is 0.244. The summed E-state index contributed by atoms with van der Waals surface area (Å²) in [5.41, 5.74) is 7.42. The summed E-state index contributed by atoms with van der Waals surface area (Å²) in [5.74, 6) is -0.965. The highest BCUT2D eigenvalue weighted by atomic mass is 35.5. The van der Waals surface area contributed by atoms with E-state index in [1.807, 2.05) is 0 Å². The molecule has 2 rings (SSSR count). The first-order chi connectivity index (χ1) is 7.99. The fourth-order valence-electron chi connectivity index (χ4n) is 1.40. The highest BCUT2D eigenvalue weighted by Gasteiger charge is 2.15. The molecular weight excluding hydrogens is 260 g/mol. The van der Waals surface area contributed by atoms with E-state index in [4.69, 9.17) is 22.4 Å². The highest BCUT2D eigenvalue weighted by Crippen LogP contribution is 2.31. The van der Waals surface area contributed by atoms with E-state index in [0.717, 1.165) is 16.9 Å². The lowest BCUT2D eigenvalue weighted by molar-refractivity contribution is 0.0701. The molecule has 0 bridgehead atoms. The predicted octanol–water partition coefficient (Wildman–Crippen LogP) is 3.05. The molecule has 0 radical (unpaired) electrons. The average Bonchev–Trinajstić information content (AvgIpc) is 2.64. The Kier molecular flexibility index (Phi) is 3.04. The fourth-order valence-corrected chi connectivity index (χ4v) is 2.41. The molecule has 0 saturated heterocycles. The van der Waals surface area contributed by atoms with Crippen molar-refractivity contribution in [2.45, 2.75) is 6.92 Å². The number of nitrogen functional groups attached to an aromatic ring is 1. The third-order valence-electron chi connectivity index (χ3n) is 2.23. The molecule has 0 aliphatic carbocycles. The van der Waals surface area contributed by atoms with Crippen LogP contribution in [0, 0.1) is 6.92 Å². The largest absolute Gasteiger partial charge is 0.477 e. The summed E-state index contributed by atoms with van der Waals surface area (Å²) in [5, 5.41) is 10.0. The zero-order valence-electron chi connectivity index (χ0n) is 8.90. The Labute approximate surface area is 107 Å². The van der Waals surface area contributed by atoms with Crippen LogP contribution in [0.5, 0.6) is 0 Å². The number of carboxylic acid groups (broad SMARTS) is 1. The summed E-state index contributed by atoms with van der Waals surface area (Å²) in [4.78, 5) is 15.4. The van der Waals surface area contributed by atoms with Gasteiger partial charge < -0.3 is 10.8 Å². The number of hydrogen-bond acceptors (Lipinski definition) is 4. The van der Waals surface area contributed by atoms with Crippen molar-refractivity contribution in [3.63, 3.8) is 0 Å². The van der Waals surface area contributed by atoms with Gasteiger partial charge in [0.2, 0.25) is 0 Å². The third-order valence-corrected chi connectivity index (χ3v) is 3.77. The smallest absolute Gasteiger partial charge is 0.347 e. The van der Waals surface area contributed by atoms with E-state index in [2.05, 4.69) is 4.98 Å². The minimum Gasteiger partial charge on any atom is -0.477 e. The number of rotatable bonds is 2. The number of carbonyl (C=O) groups is 1. The molecule has 4 nitrogen and oxygen atoms in total. The van der Waals surface area contributed by atoms with Crippen molar-refractivity contribution in [3.05, 3.63) is 33.8 Å². The topological polar surface area (TPSA) is 76.2 Å². The number of benzene rings is 1. The summed E-state index contributed by atoms with van der Waals surface area (Å²) in [6, 6.07) is 5.12. The Bertz CT molecular complexity index is 595. The fraction of sp³-hybridized carbons (Fsp3) is 0.0909. The SMILES string of the molecule is Cc1nc(-c2ccc(Cl)c(N)c2)sc1C(=O)O. The van der Waals surface area contributed by atoms with Gasteiger partial charge in [0, 0.05) is 5.56 Å². The lowest BCUT2D eigenvalue weighted by Crippen LogP contribution is -1.94. The van der Waals surface area contributed by atoms with Gasteiger partial charge in [0.15, 0.2) is 0 Å². The van der Waals surface area contributed by atoms with Crippen molar-refractivity contribution in [2.24, 2.45) is 0 Å². The normalized spacial score (nSPS) is 10.5. The van der Waals surface area contributed by atoms with Gasteiger partial charge in [0.25, 0.3) is 0 Å².